The Hall–Kier alpha value is -3.16. The van der Waals surface area contributed by atoms with Crippen LogP contribution in [0, 0.1) is 0 Å². The normalized spacial score (nSPS) is 12.2. The molecule has 1 atom stereocenters. The molecule has 0 unspecified atom stereocenters. The van der Waals surface area contributed by atoms with Gasteiger partial charge in [-0.25, -0.2) is 8.42 Å². The van der Waals surface area contributed by atoms with E-state index < -0.39 is 22.0 Å². The minimum absolute atomic E-state index is 0.108. The molecule has 0 spiro atoms. The number of anilines is 1. The number of rotatable bonds is 7. The van der Waals surface area contributed by atoms with Crippen LogP contribution in [0.4, 0.5) is 5.69 Å². The van der Waals surface area contributed by atoms with Gasteiger partial charge >= 0.3 is 0 Å². The third-order valence-corrected chi connectivity index (χ3v) is 5.44. The largest absolute Gasteiger partial charge is 0.457 e. The Labute approximate surface area is 164 Å². The van der Waals surface area contributed by atoms with Crippen molar-refractivity contribution in [1.29, 1.82) is 0 Å². The lowest BCUT2D eigenvalue weighted by molar-refractivity contribution is -0.117. The number of sulfonamides is 1. The molecule has 0 saturated heterocycles. The van der Waals surface area contributed by atoms with Crippen LogP contribution in [0.15, 0.2) is 89.8 Å². The maximum Gasteiger partial charge on any atom is 0.242 e. The molecule has 0 aromatic heterocycles. The standard InChI is InChI=1S/C21H20N2O4S/c1-16(23-28(25,26)20-10-6-3-7-11-20)21(24)22-17-12-14-19(15-13-17)27-18-8-4-2-5-9-18/h2-16,23H,1H3,(H,22,24)/t16-/m0/s1. The molecule has 3 aromatic rings. The molecule has 0 heterocycles. The average Bonchev–Trinajstić information content (AvgIpc) is 2.70. The second-order valence-electron chi connectivity index (χ2n) is 6.08. The molecule has 3 rings (SSSR count). The molecule has 0 fully saturated rings. The Kier molecular flexibility index (Phi) is 6.08. The SMILES string of the molecule is C[C@H](NS(=O)(=O)c1ccccc1)C(=O)Nc1ccc(Oc2ccccc2)cc1. The van der Waals surface area contributed by atoms with Gasteiger partial charge in [-0.2, -0.15) is 4.72 Å². The minimum Gasteiger partial charge on any atom is -0.457 e. The highest BCUT2D eigenvalue weighted by molar-refractivity contribution is 7.89. The van der Waals surface area contributed by atoms with Gasteiger partial charge in [0.1, 0.15) is 11.5 Å². The van der Waals surface area contributed by atoms with Gasteiger partial charge in [0.05, 0.1) is 10.9 Å². The van der Waals surface area contributed by atoms with Crippen molar-refractivity contribution < 1.29 is 17.9 Å². The van der Waals surface area contributed by atoms with Crippen molar-refractivity contribution in [3.05, 3.63) is 84.9 Å². The number of para-hydroxylation sites is 1. The average molecular weight is 396 g/mol. The summed E-state index contributed by atoms with van der Waals surface area (Å²) in [5.41, 5.74) is 0.538. The quantitative estimate of drug-likeness (QED) is 0.636. The highest BCUT2D eigenvalue weighted by Crippen LogP contribution is 2.22. The van der Waals surface area contributed by atoms with Crippen LogP contribution in [0.5, 0.6) is 11.5 Å². The molecule has 2 N–H and O–H groups in total. The fraction of sp³-hybridized carbons (Fsp3) is 0.0952. The smallest absolute Gasteiger partial charge is 0.242 e. The summed E-state index contributed by atoms with van der Waals surface area (Å²) in [6.45, 7) is 1.49. The lowest BCUT2D eigenvalue weighted by Crippen LogP contribution is -2.41. The molecule has 1 amide bonds. The van der Waals surface area contributed by atoms with E-state index in [1.807, 2.05) is 30.3 Å². The van der Waals surface area contributed by atoms with Crippen molar-refractivity contribution in [2.24, 2.45) is 0 Å². The lowest BCUT2D eigenvalue weighted by Gasteiger charge is -2.15. The minimum atomic E-state index is -3.77. The Morgan fingerprint density at radius 2 is 1.36 bits per heavy atom. The van der Waals surface area contributed by atoms with Crippen LogP contribution < -0.4 is 14.8 Å². The molecule has 28 heavy (non-hydrogen) atoms. The summed E-state index contributed by atoms with van der Waals surface area (Å²) < 4.78 is 32.7. The topological polar surface area (TPSA) is 84.5 Å². The van der Waals surface area contributed by atoms with Crippen LogP contribution in [0.2, 0.25) is 0 Å². The first-order valence-electron chi connectivity index (χ1n) is 8.65. The number of ether oxygens (including phenoxy) is 1. The first-order chi connectivity index (χ1) is 13.4. The van der Waals surface area contributed by atoms with E-state index in [0.717, 1.165) is 0 Å². The van der Waals surface area contributed by atoms with Gasteiger partial charge in [0.2, 0.25) is 15.9 Å². The first-order valence-corrected chi connectivity index (χ1v) is 10.1. The van der Waals surface area contributed by atoms with Gasteiger partial charge in [0, 0.05) is 5.69 Å². The van der Waals surface area contributed by atoms with Crippen molar-refractivity contribution >= 4 is 21.6 Å². The summed E-state index contributed by atoms with van der Waals surface area (Å²) in [7, 11) is -3.77. The summed E-state index contributed by atoms with van der Waals surface area (Å²) in [4.78, 5) is 12.4. The van der Waals surface area contributed by atoms with E-state index in [0.29, 0.717) is 17.2 Å². The first kappa shape index (κ1) is 19.6. The second-order valence-corrected chi connectivity index (χ2v) is 7.80. The van der Waals surface area contributed by atoms with Gasteiger partial charge in [-0.1, -0.05) is 36.4 Å². The lowest BCUT2D eigenvalue weighted by atomic mass is 10.2. The molecule has 0 aliphatic heterocycles. The number of nitrogens with one attached hydrogen (secondary N) is 2. The van der Waals surface area contributed by atoms with E-state index >= 15 is 0 Å². The Morgan fingerprint density at radius 1 is 0.821 bits per heavy atom. The summed E-state index contributed by atoms with van der Waals surface area (Å²) in [6.07, 6.45) is 0. The highest BCUT2D eigenvalue weighted by atomic mass is 32.2. The van der Waals surface area contributed by atoms with Crippen molar-refractivity contribution in [2.75, 3.05) is 5.32 Å². The molecule has 7 heteroatoms. The zero-order valence-electron chi connectivity index (χ0n) is 15.2. The van der Waals surface area contributed by atoms with Crippen LogP contribution in [0.1, 0.15) is 6.92 Å². The van der Waals surface area contributed by atoms with Gasteiger partial charge in [-0.3, -0.25) is 4.79 Å². The fourth-order valence-corrected chi connectivity index (χ4v) is 3.66. The zero-order valence-corrected chi connectivity index (χ0v) is 16.0. The molecule has 0 saturated carbocycles. The van der Waals surface area contributed by atoms with Crippen molar-refractivity contribution in [3.8, 4) is 11.5 Å². The van der Waals surface area contributed by atoms with E-state index in [2.05, 4.69) is 10.0 Å². The van der Waals surface area contributed by atoms with Gasteiger partial charge in [0.15, 0.2) is 0 Å². The predicted molar refractivity (Wildman–Crippen MR) is 108 cm³/mol. The number of carbonyl (C=O) groups is 1. The van der Waals surface area contributed by atoms with Crippen LogP contribution in [-0.4, -0.2) is 20.4 Å². The zero-order chi connectivity index (χ0) is 20.0. The maximum absolute atomic E-state index is 12.3. The van der Waals surface area contributed by atoms with E-state index in [9.17, 15) is 13.2 Å². The Balaban J connectivity index is 1.59. The Bertz CT molecular complexity index is 1020. The monoisotopic (exact) mass is 396 g/mol. The molecule has 0 radical (unpaired) electrons. The fourth-order valence-electron chi connectivity index (χ4n) is 2.44. The molecule has 0 aliphatic carbocycles. The van der Waals surface area contributed by atoms with E-state index in [1.54, 1.807) is 42.5 Å². The molecule has 3 aromatic carbocycles. The highest BCUT2D eigenvalue weighted by Gasteiger charge is 2.21. The predicted octanol–water partition coefficient (Wildman–Crippen LogP) is 3.78. The van der Waals surface area contributed by atoms with Gasteiger partial charge in [0.25, 0.3) is 0 Å². The summed E-state index contributed by atoms with van der Waals surface area (Å²) in [5.74, 6) is 0.876. The number of hydrogen-bond donors (Lipinski definition) is 2. The van der Waals surface area contributed by atoms with Gasteiger partial charge in [-0.05, 0) is 55.5 Å². The third kappa shape index (κ3) is 5.18. The van der Waals surface area contributed by atoms with E-state index in [4.69, 9.17) is 4.74 Å². The van der Waals surface area contributed by atoms with Crippen molar-refractivity contribution in [1.82, 2.24) is 4.72 Å². The van der Waals surface area contributed by atoms with Gasteiger partial charge < -0.3 is 10.1 Å². The molecule has 0 bridgehead atoms. The number of amides is 1. The molecular formula is C21H20N2O4S. The van der Waals surface area contributed by atoms with E-state index in [-0.39, 0.29) is 4.90 Å². The molecular weight excluding hydrogens is 376 g/mol. The summed E-state index contributed by atoms with van der Waals surface area (Å²) >= 11 is 0. The van der Waals surface area contributed by atoms with Crippen LogP contribution in [0.3, 0.4) is 0 Å². The van der Waals surface area contributed by atoms with Crippen molar-refractivity contribution in [3.63, 3.8) is 0 Å². The van der Waals surface area contributed by atoms with Gasteiger partial charge in [-0.15, -0.1) is 0 Å². The number of benzene rings is 3. The number of carbonyl (C=O) groups excluding carboxylic acids is 1. The second kappa shape index (κ2) is 8.69. The summed E-state index contributed by atoms with van der Waals surface area (Å²) in [5, 5.41) is 2.69. The van der Waals surface area contributed by atoms with Crippen LogP contribution >= 0.6 is 0 Å². The maximum atomic E-state index is 12.3. The molecule has 144 valence electrons. The molecule has 0 aliphatic rings. The van der Waals surface area contributed by atoms with Crippen LogP contribution in [0.25, 0.3) is 0 Å². The van der Waals surface area contributed by atoms with Crippen molar-refractivity contribution in [2.45, 2.75) is 17.9 Å². The number of hydrogen-bond acceptors (Lipinski definition) is 4. The van der Waals surface area contributed by atoms with Crippen LogP contribution in [-0.2, 0) is 14.8 Å². The third-order valence-electron chi connectivity index (χ3n) is 3.88. The summed E-state index contributed by atoms with van der Waals surface area (Å²) in [6, 6.07) is 23.1. The van der Waals surface area contributed by atoms with E-state index in [1.165, 1.54) is 19.1 Å². The molecule has 6 nitrogen and oxygen atoms in total. The Morgan fingerprint density at radius 3 is 1.96 bits per heavy atom.